The molecule has 2 aromatic heterocycles. The first-order valence-corrected chi connectivity index (χ1v) is 7.24. The molecule has 21 heavy (non-hydrogen) atoms. The molecule has 0 saturated carbocycles. The molecule has 0 spiro atoms. The van der Waals surface area contributed by atoms with Crippen molar-refractivity contribution in [1.29, 1.82) is 0 Å². The highest BCUT2D eigenvalue weighted by molar-refractivity contribution is 6.16. The van der Waals surface area contributed by atoms with Crippen molar-refractivity contribution in [3.8, 4) is 0 Å². The van der Waals surface area contributed by atoms with Crippen LogP contribution in [0.3, 0.4) is 0 Å². The van der Waals surface area contributed by atoms with Gasteiger partial charge in [0, 0.05) is 12.7 Å². The summed E-state index contributed by atoms with van der Waals surface area (Å²) in [5, 5.41) is 0. The standard InChI is InChI=1S/C16H15ClFN3/c1-10-5-12(6-11(2)16(10)18)9-21-14-3-4-19-8-13(14)20-15(21)7-17/h3-6,8H,7,9H2,1-2H3. The molecule has 0 aliphatic heterocycles. The maximum atomic E-state index is 13.7. The molecule has 5 heteroatoms. The SMILES string of the molecule is Cc1cc(Cn2c(CCl)nc3cnccc32)cc(C)c1F. The van der Waals surface area contributed by atoms with Gasteiger partial charge in [-0.05, 0) is 36.6 Å². The van der Waals surface area contributed by atoms with Gasteiger partial charge in [0.25, 0.3) is 0 Å². The Bertz CT molecular complexity index is 787. The van der Waals surface area contributed by atoms with E-state index >= 15 is 0 Å². The van der Waals surface area contributed by atoms with E-state index in [1.165, 1.54) is 0 Å². The molecule has 3 aromatic rings. The molecule has 0 aliphatic carbocycles. The van der Waals surface area contributed by atoms with Crippen LogP contribution < -0.4 is 0 Å². The summed E-state index contributed by atoms with van der Waals surface area (Å²) < 4.78 is 15.8. The van der Waals surface area contributed by atoms with E-state index in [2.05, 4.69) is 14.5 Å². The fraction of sp³-hybridized carbons (Fsp3) is 0.250. The third-order valence-electron chi connectivity index (χ3n) is 3.59. The lowest BCUT2D eigenvalue weighted by Crippen LogP contribution is -2.05. The van der Waals surface area contributed by atoms with Gasteiger partial charge < -0.3 is 4.57 Å². The van der Waals surface area contributed by atoms with Gasteiger partial charge in [0.2, 0.25) is 0 Å². The van der Waals surface area contributed by atoms with Crippen LogP contribution in [-0.4, -0.2) is 14.5 Å². The van der Waals surface area contributed by atoms with Crippen molar-refractivity contribution in [2.24, 2.45) is 0 Å². The molecule has 0 radical (unpaired) electrons. The molecule has 3 nitrogen and oxygen atoms in total. The first-order valence-electron chi connectivity index (χ1n) is 6.71. The minimum Gasteiger partial charge on any atom is -0.322 e. The number of benzene rings is 1. The molecule has 0 atom stereocenters. The number of fused-ring (bicyclic) bond motifs is 1. The number of hydrogen-bond donors (Lipinski definition) is 0. The van der Waals surface area contributed by atoms with Gasteiger partial charge in [-0.2, -0.15) is 0 Å². The van der Waals surface area contributed by atoms with Gasteiger partial charge >= 0.3 is 0 Å². The molecule has 0 saturated heterocycles. The summed E-state index contributed by atoms with van der Waals surface area (Å²) in [6, 6.07) is 5.66. The maximum Gasteiger partial charge on any atom is 0.129 e. The van der Waals surface area contributed by atoms with Crippen molar-refractivity contribution in [3.63, 3.8) is 0 Å². The summed E-state index contributed by atoms with van der Waals surface area (Å²) in [5.41, 5.74) is 4.16. The molecule has 0 unspecified atom stereocenters. The number of alkyl halides is 1. The zero-order chi connectivity index (χ0) is 15.0. The number of imidazole rings is 1. The quantitative estimate of drug-likeness (QED) is 0.685. The predicted octanol–water partition coefficient (Wildman–Crippen LogP) is 3.97. The Kier molecular flexibility index (Phi) is 3.64. The zero-order valence-corrected chi connectivity index (χ0v) is 12.7. The molecule has 0 bridgehead atoms. The lowest BCUT2D eigenvalue weighted by molar-refractivity contribution is 0.607. The zero-order valence-electron chi connectivity index (χ0n) is 11.9. The molecule has 0 aliphatic rings. The van der Waals surface area contributed by atoms with Crippen LogP contribution in [0.15, 0.2) is 30.6 Å². The van der Waals surface area contributed by atoms with E-state index in [9.17, 15) is 4.39 Å². The van der Waals surface area contributed by atoms with Gasteiger partial charge in [-0.3, -0.25) is 4.98 Å². The summed E-state index contributed by atoms with van der Waals surface area (Å²) in [6.45, 7) is 4.18. The highest BCUT2D eigenvalue weighted by atomic mass is 35.5. The van der Waals surface area contributed by atoms with Crippen molar-refractivity contribution in [2.45, 2.75) is 26.3 Å². The lowest BCUT2D eigenvalue weighted by Gasteiger charge is -2.10. The van der Waals surface area contributed by atoms with Crippen molar-refractivity contribution in [1.82, 2.24) is 14.5 Å². The van der Waals surface area contributed by atoms with Crippen LogP contribution >= 0.6 is 11.6 Å². The molecule has 0 fully saturated rings. The Labute approximate surface area is 127 Å². The summed E-state index contributed by atoms with van der Waals surface area (Å²) >= 11 is 5.99. The second-order valence-electron chi connectivity index (χ2n) is 5.16. The first kappa shape index (κ1) is 14.0. The van der Waals surface area contributed by atoms with E-state index in [0.29, 0.717) is 23.6 Å². The Morgan fingerprint density at radius 2 is 1.95 bits per heavy atom. The minimum absolute atomic E-state index is 0.143. The van der Waals surface area contributed by atoms with Crippen LogP contribution in [0.4, 0.5) is 4.39 Å². The Morgan fingerprint density at radius 1 is 1.24 bits per heavy atom. The van der Waals surface area contributed by atoms with Crippen molar-refractivity contribution in [2.75, 3.05) is 0 Å². The number of nitrogens with zero attached hydrogens (tertiary/aromatic N) is 3. The topological polar surface area (TPSA) is 30.7 Å². The Hall–Kier alpha value is -1.94. The van der Waals surface area contributed by atoms with E-state index in [1.54, 1.807) is 26.2 Å². The third kappa shape index (κ3) is 2.51. The second kappa shape index (κ2) is 5.45. The van der Waals surface area contributed by atoms with Gasteiger partial charge in [-0.25, -0.2) is 9.37 Å². The van der Waals surface area contributed by atoms with Gasteiger partial charge in [0.05, 0.1) is 17.6 Å². The van der Waals surface area contributed by atoms with E-state index in [-0.39, 0.29) is 5.82 Å². The molecule has 0 amide bonds. The molecule has 1 aromatic carbocycles. The molecular formula is C16H15ClFN3. The third-order valence-corrected chi connectivity index (χ3v) is 3.83. The van der Waals surface area contributed by atoms with Crippen LogP contribution in [0, 0.1) is 19.7 Å². The van der Waals surface area contributed by atoms with Crippen molar-refractivity contribution >= 4 is 22.6 Å². The monoisotopic (exact) mass is 303 g/mol. The van der Waals surface area contributed by atoms with Gasteiger partial charge in [-0.15, -0.1) is 11.6 Å². The van der Waals surface area contributed by atoms with E-state index in [1.807, 2.05) is 18.2 Å². The maximum absolute atomic E-state index is 13.7. The van der Waals surface area contributed by atoms with E-state index in [4.69, 9.17) is 11.6 Å². The van der Waals surface area contributed by atoms with Crippen LogP contribution in [-0.2, 0) is 12.4 Å². The van der Waals surface area contributed by atoms with Gasteiger partial charge in [0.15, 0.2) is 0 Å². The van der Waals surface area contributed by atoms with Crippen LogP contribution in [0.25, 0.3) is 11.0 Å². The molecular weight excluding hydrogens is 289 g/mol. The molecule has 3 rings (SSSR count). The number of rotatable bonds is 3. The molecule has 0 N–H and O–H groups in total. The Morgan fingerprint density at radius 3 is 2.62 bits per heavy atom. The summed E-state index contributed by atoms with van der Waals surface area (Å²) in [7, 11) is 0. The smallest absolute Gasteiger partial charge is 0.129 e. The van der Waals surface area contributed by atoms with E-state index in [0.717, 1.165) is 22.4 Å². The predicted molar refractivity (Wildman–Crippen MR) is 82.1 cm³/mol. The summed E-state index contributed by atoms with van der Waals surface area (Å²) in [5.74, 6) is 0.976. The van der Waals surface area contributed by atoms with Crippen LogP contribution in [0.2, 0.25) is 0 Å². The normalized spacial score (nSPS) is 11.2. The number of hydrogen-bond acceptors (Lipinski definition) is 2. The van der Waals surface area contributed by atoms with Crippen molar-refractivity contribution in [3.05, 3.63) is 58.9 Å². The minimum atomic E-state index is -0.143. The van der Waals surface area contributed by atoms with E-state index < -0.39 is 0 Å². The number of pyridine rings is 1. The second-order valence-corrected chi connectivity index (χ2v) is 5.42. The molecule has 2 heterocycles. The largest absolute Gasteiger partial charge is 0.322 e. The lowest BCUT2D eigenvalue weighted by atomic mass is 10.1. The number of aromatic nitrogens is 3. The van der Waals surface area contributed by atoms with Crippen LogP contribution in [0.5, 0.6) is 0 Å². The fourth-order valence-corrected chi connectivity index (χ4v) is 2.82. The highest BCUT2D eigenvalue weighted by Gasteiger charge is 2.11. The summed E-state index contributed by atoms with van der Waals surface area (Å²) in [4.78, 5) is 8.56. The van der Waals surface area contributed by atoms with Crippen molar-refractivity contribution < 1.29 is 4.39 Å². The number of halogens is 2. The average molecular weight is 304 g/mol. The highest BCUT2D eigenvalue weighted by Crippen LogP contribution is 2.21. The summed E-state index contributed by atoms with van der Waals surface area (Å²) in [6.07, 6.45) is 3.46. The first-order chi connectivity index (χ1) is 10.1. The fourth-order valence-electron chi connectivity index (χ4n) is 2.62. The average Bonchev–Trinajstić information content (AvgIpc) is 2.83. The number of aryl methyl sites for hydroxylation is 2. The van der Waals surface area contributed by atoms with Crippen LogP contribution in [0.1, 0.15) is 22.5 Å². The Balaban J connectivity index is 2.09. The van der Waals surface area contributed by atoms with Gasteiger partial charge in [-0.1, -0.05) is 12.1 Å². The molecule has 108 valence electrons. The van der Waals surface area contributed by atoms with Gasteiger partial charge in [0.1, 0.15) is 17.2 Å².